The Hall–Kier alpha value is -5.42. The Kier molecular flexibility index (Phi) is 13.3. The van der Waals surface area contributed by atoms with E-state index in [-0.39, 0.29) is 38.9 Å². The number of amides is 4. The molecule has 0 aliphatic heterocycles. The Bertz CT molecular complexity index is 1690. The van der Waals surface area contributed by atoms with Gasteiger partial charge in [0.1, 0.15) is 6.29 Å². The minimum absolute atomic E-state index is 0.0504. The second-order valence-corrected chi connectivity index (χ2v) is 12.6. The highest BCUT2D eigenvalue weighted by Gasteiger charge is 2.26. The maximum absolute atomic E-state index is 13.5. The molecule has 13 heteroatoms. The van der Waals surface area contributed by atoms with Gasteiger partial charge in [0.15, 0.2) is 0 Å². The second-order valence-electron chi connectivity index (χ2n) is 10.4. The van der Waals surface area contributed by atoms with Crippen molar-refractivity contribution in [2.24, 2.45) is 0 Å². The minimum atomic E-state index is -3.67. The highest BCUT2D eigenvalue weighted by Crippen LogP contribution is 2.50. The van der Waals surface area contributed by atoms with E-state index in [1.165, 1.54) is 24.3 Å². The van der Waals surface area contributed by atoms with E-state index in [4.69, 9.17) is 9.05 Å². The molecule has 0 fully saturated rings. The second kappa shape index (κ2) is 18.1. The van der Waals surface area contributed by atoms with Gasteiger partial charge in [0.25, 0.3) is 11.8 Å². The Balaban J connectivity index is 1.22. The smallest absolute Gasteiger partial charge is 0.331 e. The lowest BCUT2D eigenvalue weighted by molar-refractivity contribution is -0.123. The summed E-state index contributed by atoms with van der Waals surface area (Å²) in [5.41, 5.74) is 3.14. The van der Waals surface area contributed by atoms with Crippen LogP contribution in [0.25, 0.3) is 0 Å². The number of benzene rings is 4. The first-order valence-electron chi connectivity index (χ1n) is 15.0. The lowest BCUT2D eigenvalue weighted by Gasteiger charge is -2.19. The summed E-state index contributed by atoms with van der Waals surface area (Å²) in [4.78, 5) is 60.0. The topological polar surface area (TPSA) is 169 Å². The van der Waals surface area contributed by atoms with Crippen LogP contribution < -0.4 is 21.3 Å². The van der Waals surface area contributed by atoms with E-state index in [9.17, 15) is 28.5 Å². The molecule has 0 aliphatic carbocycles. The molecule has 4 aromatic rings. The molecule has 4 N–H and O–H groups in total. The van der Waals surface area contributed by atoms with Gasteiger partial charge < -0.3 is 35.1 Å². The monoisotopic (exact) mass is 670 g/mol. The zero-order chi connectivity index (χ0) is 34.2. The number of nitrogens with one attached hydrogen (secondary N) is 4. The fourth-order valence-corrected chi connectivity index (χ4v) is 5.72. The van der Waals surface area contributed by atoms with Gasteiger partial charge in [0.2, 0.25) is 11.8 Å². The van der Waals surface area contributed by atoms with E-state index in [1.54, 1.807) is 24.3 Å². The van der Waals surface area contributed by atoms with Crippen LogP contribution in [-0.2, 0) is 41.2 Å². The van der Waals surface area contributed by atoms with E-state index < -0.39 is 31.2 Å². The average molecular weight is 671 g/mol. The van der Waals surface area contributed by atoms with Crippen molar-refractivity contribution in [1.82, 2.24) is 10.6 Å². The van der Waals surface area contributed by atoms with E-state index >= 15 is 0 Å². The summed E-state index contributed by atoms with van der Waals surface area (Å²) in [6, 6.07) is 30.7. The summed E-state index contributed by atoms with van der Waals surface area (Å²) in [5.74, 6) is -1.81. The maximum Gasteiger partial charge on any atom is 0.331 e. The fraction of sp³-hybridized carbons (Fsp3) is 0.171. The Labute approximate surface area is 277 Å². The highest BCUT2D eigenvalue weighted by atomic mass is 31.2. The van der Waals surface area contributed by atoms with Crippen molar-refractivity contribution in [2.75, 3.05) is 29.9 Å². The largest absolute Gasteiger partial charge is 0.347 e. The van der Waals surface area contributed by atoms with E-state index in [2.05, 4.69) is 21.3 Å². The van der Waals surface area contributed by atoms with Crippen LogP contribution in [0.15, 0.2) is 109 Å². The van der Waals surface area contributed by atoms with Crippen molar-refractivity contribution in [3.63, 3.8) is 0 Å². The predicted molar refractivity (Wildman–Crippen MR) is 180 cm³/mol. The van der Waals surface area contributed by atoms with Crippen LogP contribution in [0.4, 0.5) is 11.4 Å². The van der Waals surface area contributed by atoms with Crippen LogP contribution in [0.2, 0.25) is 0 Å². The number of aldehydes is 1. The summed E-state index contributed by atoms with van der Waals surface area (Å²) in [7, 11) is -3.67. The third-order valence-corrected chi connectivity index (χ3v) is 8.60. The number of anilines is 2. The molecule has 48 heavy (non-hydrogen) atoms. The third-order valence-electron chi connectivity index (χ3n) is 6.78. The molecule has 0 radical (unpaired) electrons. The van der Waals surface area contributed by atoms with Gasteiger partial charge in [0, 0.05) is 28.9 Å². The molecular weight excluding hydrogens is 635 g/mol. The molecule has 4 amide bonds. The molecule has 0 bridgehead atoms. The number of carbonyl (C=O) groups is 5. The van der Waals surface area contributed by atoms with E-state index in [1.807, 2.05) is 60.7 Å². The summed E-state index contributed by atoms with van der Waals surface area (Å²) in [6.45, 7) is -0.321. The first-order chi connectivity index (χ1) is 23.2. The van der Waals surface area contributed by atoms with Crippen LogP contribution in [0.5, 0.6) is 0 Å². The van der Waals surface area contributed by atoms with Gasteiger partial charge in [0.05, 0.1) is 32.5 Å². The van der Waals surface area contributed by atoms with Crippen molar-refractivity contribution in [1.29, 1.82) is 0 Å². The zero-order valence-corrected chi connectivity index (χ0v) is 26.8. The lowest BCUT2D eigenvalue weighted by Crippen LogP contribution is -2.33. The fourth-order valence-electron chi connectivity index (χ4n) is 4.22. The number of rotatable bonds is 17. The summed E-state index contributed by atoms with van der Waals surface area (Å²) in [5, 5.41) is 10.3. The predicted octanol–water partition coefficient (Wildman–Crippen LogP) is 4.94. The molecule has 4 rings (SSSR count). The SMILES string of the molecule is O=CCNC(=O)c1ccc(NC(=O)c2ccc(NC(=O)CNC(=O)CCP(=O)(OCc3ccccc3)OCc3ccccc3)cc2)cc1. The zero-order valence-electron chi connectivity index (χ0n) is 25.9. The number of carbonyl (C=O) groups excluding carboxylic acids is 5. The van der Waals surface area contributed by atoms with Crippen LogP contribution in [0, 0.1) is 0 Å². The highest BCUT2D eigenvalue weighted by molar-refractivity contribution is 7.53. The van der Waals surface area contributed by atoms with Crippen LogP contribution in [0.3, 0.4) is 0 Å². The van der Waals surface area contributed by atoms with Crippen molar-refractivity contribution in [3.05, 3.63) is 131 Å². The molecule has 0 aromatic heterocycles. The Morgan fingerprint density at radius 3 is 1.62 bits per heavy atom. The van der Waals surface area contributed by atoms with Crippen molar-refractivity contribution in [2.45, 2.75) is 19.6 Å². The Morgan fingerprint density at radius 2 is 1.10 bits per heavy atom. The third kappa shape index (κ3) is 11.7. The Morgan fingerprint density at radius 1 is 0.604 bits per heavy atom. The molecule has 0 heterocycles. The molecule has 248 valence electrons. The van der Waals surface area contributed by atoms with Gasteiger partial charge in [-0.3, -0.25) is 23.7 Å². The van der Waals surface area contributed by atoms with Crippen molar-refractivity contribution in [3.8, 4) is 0 Å². The standard InChI is InChI=1S/C35H35N4O8P/c40-21-20-36-34(43)28-11-17-31(18-12-28)39-35(44)29-13-15-30(16-14-29)38-33(42)23-37-32(41)19-22-48(45,46-24-26-7-3-1-4-8-26)47-25-27-9-5-2-6-10-27/h1-18,21H,19-20,22-25H2,(H,36,43)(H,37,41)(H,38,42)(H,39,44). The molecule has 0 saturated heterocycles. The molecular formula is C35H35N4O8P. The lowest BCUT2D eigenvalue weighted by atomic mass is 10.1. The first-order valence-corrected chi connectivity index (χ1v) is 16.7. The van der Waals surface area contributed by atoms with Gasteiger partial charge in [-0.25, -0.2) is 0 Å². The molecule has 12 nitrogen and oxygen atoms in total. The van der Waals surface area contributed by atoms with Crippen molar-refractivity contribution >= 4 is 48.9 Å². The molecule has 0 atom stereocenters. The summed E-state index contributed by atoms with van der Waals surface area (Å²) < 4.78 is 24.9. The quantitative estimate of drug-likeness (QED) is 0.0905. The van der Waals surface area contributed by atoms with Gasteiger partial charge in [-0.2, -0.15) is 0 Å². The minimum Gasteiger partial charge on any atom is -0.347 e. The van der Waals surface area contributed by atoms with Crippen molar-refractivity contribution < 1.29 is 37.6 Å². The van der Waals surface area contributed by atoms with E-state index in [0.29, 0.717) is 28.8 Å². The average Bonchev–Trinajstić information content (AvgIpc) is 3.12. The van der Waals surface area contributed by atoms with Crippen LogP contribution >= 0.6 is 7.60 Å². The molecule has 4 aromatic carbocycles. The summed E-state index contributed by atoms with van der Waals surface area (Å²) in [6.07, 6.45) is 0.219. The maximum atomic E-state index is 13.5. The number of hydrogen-bond acceptors (Lipinski definition) is 8. The summed E-state index contributed by atoms with van der Waals surface area (Å²) >= 11 is 0. The van der Waals surface area contributed by atoms with E-state index in [0.717, 1.165) is 11.1 Å². The molecule has 0 aliphatic rings. The van der Waals surface area contributed by atoms with Gasteiger partial charge >= 0.3 is 7.60 Å². The van der Waals surface area contributed by atoms with Crippen LogP contribution in [-0.4, -0.2) is 49.2 Å². The van der Waals surface area contributed by atoms with Gasteiger partial charge in [-0.15, -0.1) is 0 Å². The van der Waals surface area contributed by atoms with Gasteiger partial charge in [-0.1, -0.05) is 60.7 Å². The van der Waals surface area contributed by atoms with Gasteiger partial charge in [-0.05, 0) is 59.7 Å². The van der Waals surface area contributed by atoms with Crippen LogP contribution in [0.1, 0.15) is 38.3 Å². The molecule has 0 saturated carbocycles. The number of hydrogen-bond donors (Lipinski definition) is 4. The normalized spacial score (nSPS) is 10.8. The molecule has 0 unspecified atom stereocenters. The molecule has 0 spiro atoms. The first kappa shape index (κ1) is 35.4.